The van der Waals surface area contributed by atoms with Crippen molar-refractivity contribution in [1.82, 2.24) is 4.90 Å². The molecule has 23 heavy (non-hydrogen) atoms. The minimum Gasteiger partial charge on any atom is -0.478 e. The van der Waals surface area contributed by atoms with E-state index in [1.54, 1.807) is 18.9 Å². The van der Waals surface area contributed by atoms with Crippen molar-refractivity contribution in [2.24, 2.45) is 0 Å². The Labute approximate surface area is 135 Å². The third kappa shape index (κ3) is 4.71. The van der Waals surface area contributed by atoms with Crippen LogP contribution in [0.25, 0.3) is 0 Å². The van der Waals surface area contributed by atoms with Crippen molar-refractivity contribution in [3.05, 3.63) is 59.0 Å². The van der Waals surface area contributed by atoms with Gasteiger partial charge in [-0.15, -0.1) is 0 Å². The van der Waals surface area contributed by atoms with Gasteiger partial charge >= 0.3 is 5.97 Å². The molecular weight excluding hydrogens is 294 g/mol. The van der Waals surface area contributed by atoms with E-state index in [4.69, 9.17) is 9.52 Å². The van der Waals surface area contributed by atoms with Crippen molar-refractivity contribution < 1.29 is 19.1 Å². The van der Waals surface area contributed by atoms with E-state index < -0.39 is 5.97 Å². The molecule has 1 aromatic carbocycles. The first-order chi connectivity index (χ1) is 11.0. The van der Waals surface area contributed by atoms with E-state index in [0.29, 0.717) is 17.9 Å². The molecule has 0 radical (unpaired) electrons. The lowest BCUT2D eigenvalue weighted by molar-refractivity contribution is -0.130. The Morgan fingerprint density at radius 3 is 2.52 bits per heavy atom. The molecule has 122 valence electrons. The van der Waals surface area contributed by atoms with E-state index in [-0.39, 0.29) is 18.0 Å². The smallest absolute Gasteiger partial charge is 0.339 e. The van der Waals surface area contributed by atoms with Crippen LogP contribution >= 0.6 is 0 Å². The topological polar surface area (TPSA) is 70.8 Å². The van der Waals surface area contributed by atoms with Gasteiger partial charge in [-0.05, 0) is 31.4 Å². The zero-order valence-electron chi connectivity index (χ0n) is 13.4. The molecule has 2 rings (SSSR count). The van der Waals surface area contributed by atoms with E-state index in [9.17, 15) is 9.59 Å². The normalized spacial score (nSPS) is 10.5. The van der Waals surface area contributed by atoms with Crippen LogP contribution in [0.15, 0.2) is 40.8 Å². The molecule has 0 saturated heterocycles. The third-order valence-electron chi connectivity index (χ3n) is 3.72. The molecule has 0 bridgehead atoms. The number of hydrogen-bond acceptors (Lipinski definition) is 3. The third-order valence-corrected chi connectivity index (χ3v) is 3.72. The summed E-state index contributed by atoms with van der Waals surface area (Å²) in [6.07, 6.45) is 2.10. The molecule has 0 fully saturated rings. The van der Waals surface area contributed by atoms with Crippen LogP contribution in [0, 0.1) is 6.92 Å². The second-order valence-electron chi connectivity index (χ2n) is 5.58. The fourth-order valence-corrected chi connectivity index (χ4v) is 2.44. The van der Waals surface area contributed by atoms with Crippen LogP contribution in [0.3, 0.4) is 0 Å². The number of benzene rings is 1. The number of furan rings is 1. The molecule has 1 amide bonds. The van der Waals surface area contributed by atoms with Crippen molar-refractivity contribution in [2.45, 2.75) is 32.7 Å². The zero-order chi connectivity index (χ0) is 16.8. The molecule has 0 atom stereocenters. The number of aryl methyl sites for hydroxylation is 2. The molecule has 0 aliphatic heterocycles. The Bertz CT molecular complexity index is 676. The van der Waals surface area contributed by atoms with Gasteiger partial charge in [0.05, 0.1) is 6.54 Å². The Hall–Kier alpha value is -2.56. The monoisotopic (exact) mass is 315 g/mol. The van der Waals surface area contributed by atoms with Gasteiger partial charge in [-0.1, -0.05) is 30.3 Å². The van der Waals surface area contributed by atoms with Gasteiger partial charge in [0.15, 0.2) is 0 Å². The Kier molecular flexibility index (Phi) is 5.57. The first-order valence-electron chi connectivity index (χ1n) is 7.58. The van der Waals surface area contributed by atoms with Gasteiger partial charge in [0.1, 0.15) is 17.1 Å². The molecule has 2 aromatic rings. The van der Waals surface area contributed by atoms with Crippen molar-refractivity contribution in [2.75, 3.05) is 7.05 Å². The fourth-order valence-electron chi connectivity index (χ4n) is 2.44. The first-order valence-corrected chi connectivity index (χ1v) is 7.58. The second-order valence-corrected chi connectivity index (χ2v) is 5.58. The lowest BCUT2D eigenvalue weighted by Gasteiger charge is -2.15. The van der Waals surface area contributed by atoms with Gasteiger partial charge in [-0.3, -0.25) is 4.79 Å². The summed E-state index contributed by atoms with van der Waals surface area (Å²) in [6, 6.07) is 11.5. The lowest BCUT2D eigenvalue weighted by Crippen LogP contribution is -2.25. The molecule has 0 aliphatic rings. The summed E-state index contributed by atoms with van der Waals surface area (Å²) in [4.78, 5) is 24.7. The number of carbonyl (C=O) groups excluding carboxylic acids is 1. The summed E-state index contributed by atoms with van der Waals surface area (Å²) in [5.41, 5.74) is 1.36. The molecule has 1 aromatic heterocycles. The van der Waals surface area contributed by atoms with Crippen LogP contribution in [0.4, 0.5) is 0 Å². The Morgan fingerprint density at radius 1 is 1.22 bits per heavy atom. The van der Waals surface area contributed by atoms with E-state index >= 15 is 0 Å². The molecule has 5 nitrogen and oxygen atoms in total. The summed E-state index contributed by atoms with van der Waals surface area (Å²) in [7, 11) is 1.70. The molecule has 1 N–H and O–H groups in total. The number of carbonyl (C=O) groups is 2. The van der Waals surface area contributed by atoms with Gasteiger partial charge in [0.2, 0.25) is 5.91 Å². The maximum atomic E-state index is 12.1. The van der Waals surface area contributed by atoms with E-state index in [1.165, 1.54) is 11.6 Å². The largest absolute Gasteiger partial charge is 0.478 e. The molecule has 0 unspecified atom stereocenters. The predicted molar refractivity (Wildman–Crippen MR) is 86.3 cm³/mol. The fraction of sp³-hybridized carbons (Fsp3) is 0.333. The molecule has 0 saturated carbocycles. The molecule has 5 heteroatoms. The van der Waals surface area contributed by atoms with Crippen LogP contribution < -0.4 is 0 Å². The maximum Gasteiger partial charge on any atom is 0.339 e. The summed E-state index contributed by atoms with van der Waals surface area (Å²) in [5.74, 6) is -0.155. The van der Waals surface area contributed by atoms with Crippen LogP contribution in [0.2, 0.25) is 0 Å². The van der Waals surface area contributed by atoms with E-state index in [2.05, 4.69) is 0 Å². The Morgan fingerprint density at radius 2 is 1.91 bits per heavy atom. The Balaban J connectivity index is 1.83. The minimum atomic E-state index is -1.02. The van der Waals surface area contributed by atoms with Gasteiger partial charge in [-0.25, -0.2) is 4.79 Å². The number of carboxylic acid groups (broad SMARTS) is 1. The average molecular weight is 315 g/mol. The highest BCUT2D eigenvalue weighted by atomic mass is 16.4. The number of aromatic carboxylic acids is 1. The highest BCUT2D eigenvalue weighted by molar-refractivity contribution is 5.88. The van der Waals surface area contributed by atoms with Crippen molar-refractivity contribution in [3.8, 4) is 0 Å². The van der Waals surface area contributed by atoms with Gasteiger partial charge in [-0.2, -0.15) is 0 Å². The van der Waals surface area contributed by atoms with Gasteiger partial charge in [0.25, 0.3) is 0 Å². The van der Waals surface area contributed by atoms with Crippen molar-refractivity contribution >= 4 is 11.9 Å². The molecular formula is C18H21NO4. The summed E-state index contributed by atoms with van der Waals surface area (Å²) in [6.45, 7) is 1.88. The van der Waals surface area contributed by atoms with Crippen LogP contribution in [-0.2, 0) is 17.8 Å². The second kappa shape index (κ2) is 7.63. The van der Waals surface area contributed by atoms with E-state index in [1.807, 2.05) is 30.3 Å². The highest BCUT2D eigenvalue weighted by Crippen LogP contribution is 2.16. The zero-order valence-corrected chi connectivity index (χ0v) is 13.4. The summed E-state index contributed by atoms with van der Waals surface area (Å²) in [5, 5.41) is 9.01. The first kappa shape index (κ1) is 16.8. The predicted octanol–water partition coefficient (Wildman–Crippen LogP) is 3.27. The minimum absolute atomic E-state index is 0.0202. The molecule has 1 heterocycles. The van der Waals surface area contributed by atoms with Crippen LogP contribution in [0.1, 0.15) is 40.3 Å². The number of hydrogen-bond donors (Lipinski definition) is 1. The van der Waals surface area contributed by atoms with Crippen LogP contribution in [-0.4, -0.2) is 28.9 Å². The van der Waals surface area contributed by atoms with Gasteiger partial charge in [0, 0.05) is 13.5 Å². The van der Waals surface area contributed by atoms with Crippen molar-refractivity contribution in [1.29, 1.82) is 0 Å². The van der Waals surface area contributed by atoms with Crippen LogP contribution in [0.5, 0.6) is 0 Å². The standard InChI is InChI=1S/C18H21NO4/c1-13-16(18(21)22)11-15(23-13)12-19(2)17(20)10-6-9-14-7-4-3-5-8-14/h3-5,7-8,11H,6,9-10,12H2,1-2H3,(H,21,22). The molecule has 0 spiro atoms. The summed E-state index contributed by atoms with van der Waals surface area (Å²) >= 11 is 0. The lowest BCUT2D eigenvalue weighted by atomic mass is 10.1. The van der Waals surface area contributed by atoms with Gasteiger partial charge < -0.3 is 14.4 Å². The highest BCUT2D eigenvalue weighted by Gasteiger charge is 2.16. The number of rotatable bonds is 7. The molecule has 0 aliphatic carbocycles. The average Bonchev–Trinajstić information content (AvgIpc) is 2.89. The number of carboxylic acids is 1. The summed E-state index contributed by atoms with van der Waals surface area (Å²) < 4.78 is 5.40. The van der Waals surface area contributed by atoms with Crippen molar-refractivity contribution in [3.63, 3.8) is 0 Å². The maximum absolute atomic E-state index is 12.1. The quantitative estimate of drug-likeness (QED) is 0.851. The number of nitrogens with zero attached hydrogens (tertiary/aromatic N) is 1. The van der Waals surface area contributed by atoms with E-state index in [0.717, 1.165) is 12.8 Å². The SMILES string of the molecule is Cc1oc(CN(C)C(=O)CCCc2ccccc2)cc1C(=O)O. The number of amides is 1.